The molecule has 1 aliphatic rings. The van der Waals surface area contributed by atoms with Crippen LogP contribution in [0.2, 0.25) is 0 Å². The van der Waals surface area contributed by atoms with Gasteiger partial charge in [0.25, 0.3) is 0 Å². The van der Waals surface area contributed by atoms with E-state index in [4.69, 9.17) is 5.73 Å². The van der Waals surface area contributed by atoms with Crippen LogP contribution in [-0.4, -0.2) is 30.4 Å². The van der Waals surface area contributed by atoms with Gasteiger partial charge >= 0.3 is 6.18 Å². The number of nitrogens with zero attached hydrogens (tertiary/aromatic N) is 1. The highest BCUT2D eigenvalue weighted by Crippen LogP contribution is 2.30. The predicted octanol–water partition coefficient (Wildman–Crippen LogP) is 3.11. The van der Waals surface area contributed by atoms with Crippen molar-refractivity contribution in [2.75, 3.05) is 19.6 Å². The highest BCUT2D eigenvalue weighted by molar-refractivity contribution is 5.85. The molecule has 0 aromatic heterocycles. The Morgan fingerprint density at radius 2 is 2.13 bits per heavy atom. The van der Waals surface area contributed by atoms with Gasteiger partial charge in [0, 0.05) is 19.0 Å². The van der Waals surface area contributed by atoms with E-state index in [-0.39, 0.29) is 24.2 Å². The molecule has 2 rings (SSSR count). The number of rotatable bonds is 4. The van der Waals surface area contributed by atoms with Crippen LogP contribution in [0.4, 0.5) is 13.2 Å². The highest BCUT2D eigenvalue weighted by Gasteiger charge is 2.31. The molecule has 0 radical (unpaired) electrons. The van der Waals surface area contributed by atoms with Crippen LogP contribution in [0.25, 0.3) is 0 Å². The molecular formula is C16H22ClF3N2O. The number of hydrogen-bond acceptors (Lipinski definition) is 2. The molecule has 1 amide bonds. The number of alkyl halides is 3. The van der Waals surface area contributed by atoms with Gasteiger partial charge in [0.15, 0.2) is 0 Å². The van der Waals surface area contributed by atoms with E-state index in [1.807, 2.05) is 0 Å². The lowest BCUT2D eigenvalue weighted by molar-refractivity contribution is -0.137. The zero-order chi connectivity index (χ0) is 16.3. The quantitative estimate of drug-likeness (QED) is 0.907. The minimum Gasteiger partial charge on any atom is -0.342 e. The number of halogens is 4. The maximum Gasteiger partial charge on any atom is 0.416 e. The summed E-state index contributed by atoms with van der Waals surface area (Å²) < 4.78 is 38.1. The molecule has 3 nitrogen and oxygen atoms in total. The van der Waals surface area contributed by atoms with Crippen LogP contribution in [-0.2, 0) is 17.4 Å². The molecule has 23 heavy (non-hydrogen) atoms. The molecule has 7 heteroatoms. The van der Waals surface area contributed by atoms with Crippen LogP contribution in [0.3, 0.4) is 0 Å². The summed E-state index contributed by atoms with van der Waals surface area (Å²) in [5.41, 5.74) is 5.47. The molecule has 130 valence electrons. The number of hydrogen-bond donors (Lipinski definition) is 1. The smallest absolute Gasteiger partial charge is 0.342 e. The van der Waals surface area contributed by atoms with E-state index in [1.165, 1.54) is 6.07 Å². The van der Waals surface area contributed by atoms with Crippen LogP contribution < -0.4 is 5.73 Å². The van der Waals surface area contributed by atoms with E-state index in [0.29, 0.717) is 37.5 Å². The van der Waals surface area contributed by atoms with E-state index in [2.05, 4.69) is 0 Å². The van der Waals surface area contributed by atoms with Crippen molar-refractivity contribution >= 4 is 18.3 Å². The first-order valence-corrected chi connectivity index (χ1v) is 7.46. The molecule has 1 aromatic carbocycles. The van der Waals surface area contributed by atoms with Crippen molar-refractivity contribution in [1.29, 1.82) is 0 Å². The Kier molecular flexibility index (Phi) is 6.89. The van der Waals surface area contributed by atoms with Gasteiger partial charge in [-0.2, -0.15) is 13.2 Å². The molecule has 0 aliphatic carbocycles. The Labute approximate surface area is 140 Å². The van der Waals surface area contributed by atoms with Crippen molar-refractivity contribution in [1.82, 2.24) is 4.90 Å². The zero-order valence-electron chi connectivity index (χ0n) is 13.0. The standard InChI is InChI=1S/C16H21F3N2O.ClH/c1-11(15(22)21-6-5-13(9-20)10-21)7-12-3-2-4-14(8-12)16(17,18)19;/h2-4,8,11,13H,5-7,9-10,20H2,1H3;1H. The first-order valence-electron chi connectivity index (χ1n) is 7.46. The third kappa shape index (κ3) is 5.11. The normalized spacial score (nSPS) is 19.3. The molecule has 2 atom stereocenters. The Hall–Kier alpha value is -1.27. The Balaban J connectivity index is 0.00000264. The Morgan fingerprint density at radius 3 is 2.70 bits per heavy atom. The van der Waals surface area contributed by atoms with E-state index in [0.717, 1.165) is 18.6 Å². The van der Waals surface area contributed by atoms with Gasteiger partial charge in [0.05, 0.1) is 5.56 Å². The van der Waals surface area contributed by atoms with Gasteiger partial charge in [0.2, 0.25) is 5.91 Å². The first-order chi connectivity index (χ1) is 10.3. The number of benzene rings is 1. The third-order valence-corrected chi connectivity index (χ3v) is 4.15. The fourth-order valence-corrected chi connectivity index (χ4v) is 2.85. The Morgan fingerprint density at radius 1 is 1.43 bits per heavy atom. The summed E-state index contributed by atoms with van der Waals surface area (Å²) in [4.78, 5) is 14.1. The van der Waals surface area contributed by atoms with Gasteiger partial charge in [-0.25, -0.2) is 0 Å². The molecule has 2 N–H and O–H groups in total. The average molecular weight is 351 g/mol. The fourth-order valence-electron chi connectivity index (χ4n) is 2.85. The molecule has 1 aromatic rings. The first kappa shape index (κ1) is 19.8. The minimum absolute atomic E-state index is 0. The van der Waals surface area contributed by atoms with Gasteiger partial charge in [0.1, 0.15) is 0 Å². The van der Waals surface area contributed by atoms with Gasteiger partial charge in [-0.15, -0.1) is 12.4 Å². The number of carbonyl (C=O) groups excluding carboxylic acids is 1. The molecule has 1 fully saturated rings. The zero-order valence-corrected chi connectivity index (χ0v) is 13.8. The summed E-state index contributed by atoms with van der Waals surface area (Å²) >= 11 is 0. The molecular weight excluding hydrogens is 329 g/mol. The third-order valence-electron chi connectivity index (χ3n) is 4.15. The summed E-state index contributed by atoms with van der Waals surface area (Å²) in [5.74, 6) is -0.00178. The predicted molar refractivity (Wildman–Crippen MR) is 85.3 cm³/mol. The van der Waals surface area contributed by atoms with Crippen molar-refractivity contribution in [3.63, 3.8) is 0 Å². The summed E-state index contributed by atoms with van der Waals surface area (Å²) in [6, 6.07) is 5.18. The number of amides is 1. The summed E-state index contributed by atoms with van der Waals surface area (Å²) in [6.07, 6.45) is -3.14. The maximum absolute atomic E-state index is 12.7. The number of carbonyl (C=O) groups is 1. The van der Waals surface area contributed by atoms with Crippen molar-refractivity contribution in [3.8, 4) is 0 Å². The second-order valence-electron chi connectivity index (χ2n) is 5.98. The second kappa shape index (κ2) is 8.02. The average Bonchev–Trinajstić information content (AvgIpc) is 2.94. The molecule has 0 saturated carbocycles. The summed E-state index contributed by atoms with van der Waals surface area (Å²) in [5, 5.41) is 0. The minimum atomic E-state index is -4.35. The molecule has 1 heterocycles. The van der Waals surface area contributed by atoms with Crippen LogP contribution in [0.5, 0.6) is 0 Å². The topological polar surface area (TPSA) is 46.3 Å². The van der Waals surface area contributed by atoms with E-state index in [9.17, 15) is 18.0 Å². The van der Waals surface area contributed by atoms with Crippen molar-refractivity contribution in [2.24, 2.45) is 17.6 Å². The lowest BCUT2D eigenvalue weighted by Gasteiger charge is -2.21. The monoisotopic (exact) mass is 350 g/mol. The van der Waals surface area contributed by atoms with E-state index >= 15 is 0 Å². The van der Waals surface area contributed by atoms with E-state index in [1.54, 1.807) is 17.9 Å². The summed E-state index contributed by atoms with van der Waals surface area (Å²) in [6.45, 7) is 3.67. The molecule has 0 bridgehead atoms. The molecule has 0 spiro atoms. The van der Waals surface area contributed by atoms with Crippen molar-refractivity contribution in [2.45, 2.75) is 25.9 Å². The maximum atomic E-state index is 12.7. The summed E-state index contributed by atoms with van der Waals surface area (Å²) in [7, 11) is 0. The lowest BCUT2D eigenvalue weighted by Crippen LogP contribution is -2.34. The van der Waals surface area contributed by atoms with Gasteiger partial charge in [-0.3, -0.25) is 4.79 Å². The van der Waals surface area contributed by atoms with Crippen LogP contribution in [0.1, 0.15) is 24.5 Å². The van der Waals surface area contributed by atoms with Crippen LogP contribution in [0, 0.1) is 11.8 Å². The highest BCUT2D eigenvalue weighted by atomic mass is 35.5. The number of likely N-dealkylation sites (tertiary alicyclic amines) is 1. The molecule has 1 aliphatic heterocycles. The van der Waals surface area contributed by atoms with Crippen molar-refractivity contribution < 1.29 is 18.0 Å². The second-order valence-corrected chi connectivity index (χ2v) is 5.98. The van der Waals surface area contributed by atoms with Crippen LogP contribution in [0.15, 0.2) is 24.3 Å². The van der Waals surface area contributed by atoms with Gasteiger partial charge in [-0.1, -0.05) is 25.1 Å². The Bertz CT molecular complexity index is 536. The molecule has 2 unspecified atom stereocenters. The molecule has 1 saturated heterocycles. The van der Waals surface area contributed by atoms with Gasteiger partial charge in [-0.05, 0) is 36.9 Å². The van der Waals surface area contributed by atoms with E-state index < -0.39 is 11.7 Å². The largest absolute Gasteiger partial charge is 0.416 e. The van der Waals surface area contributed by atoms with Gasteiger partial charge < -0.3 is 10.6 Å². The number of nitrogens with two attached hydrogens (primary N) is 1. The lowest BCUT2D eigenvalue weighted by atomic mass is 9.98. The fraction of sp³-hybridized carbons (Fsp3) is 0.562. The van der Waals surface area contributed by atoms with Crippen LogP contribution >= 0.6 is 12.4 Å². The van der Waals surface area contributed by atoms with Crippen molar-refractivity contribution in [3.05, 3.63) is 35.4 Å². The SMILES string of the molecule is CC(Cc1cccc(C(F)(F)F)c1)C(=O)N1CCC(CN)C1.Cl.